The number of hydrogen-bond donors (Lipinski definition) is 1. The molecule has 0 aliphatic carbocycles. The Morgan fingerprint density at radius 3 is 2.32 bits per heavy atom. The zero-order valence-electron chi connectivity index (χ0n) is 15.0. The van der Waals surface area contributed by atoms with Gasteiger partial charge in [-0.3, -0.25) is 19.7 Å². The number of nitro benzene ring substituents is 1. The number of morpholine rings is 1. The average Bonchev–Trinajstić information content (AvgIpc) is 2.73. The second-order valence-electron chi connectivity index (χ2n) is 6.07. The van der Waals surface area contributed by atoms with Gasteiger partial charge in [0.05, 0.1) is 18.1 Å². The van der Waals surface area contributed by atoms with Crippen LogP contribution in [0.25, 0.3) is 0 Å². The van der Waals surface area contributed by atoms with E-state index in [2.05, 4.69) is 5.32 Å². The third-order valence-corrected chi connectivity index (χ3v) is 4.13. The standard InChI is InChI=1S/C19H19N3O6/c23-18(13-28-17-7-5-16(6-8-17)22(25)26)20-15-3-1-14(2-4-15)19(24)21-9-11-27-12-10-21/h1-8H,9-13H2,(H,20,23). The van der Waals surface area contributed by atoms with Crippen LogP contribution >= 0.6 is 0 Å². The predicted octanol–water partition coefficient (Wildman–Crippen LogP) is 2.08. The summed E-state index contributed by atoms with van der Waals surface area (Å²) in [4.78, 5) is 36.2. The molecule has 0 spiro atoms. The SMILES string of the molecule is O=C(COc1ccc([N+](=O)[O-])cc1)Nc1ccc(C(=O)N2CCOCC2)cc1. The third-order valence-electron chi connectivity index (χ3n) is 4.13. The van der Waals surface area contributed by atoms with Gasteiger partial charge in [-0.25, -0.2) is 0 Å². The number of nitro groups is 1. The first kappa shape index (κ1) is 19.3. The van der Waals surface area contributed by atoms with Gasteiger partial charge in [-0.15, -0.1) is 0 Å². The number of nitrogens with zero attached hydrogens (tertiary/aromatic N) is 2. The largest absolute Gasteiger partial charge is 0.484 e. The molecule has 28 heavy (non-hydrogen) atoms. The molecular formula is C19H19N3O6. The van der Waals surface area contributed by atoms with Gasteiger partial charge in [0.25, 0.3) is 17.5 Å². The number of anilines is 1. The number of ether oxygens (including phenoxy) is 2. The molecule has 1 fully saturated rings. The number of nitrogens with one attached hydrogen (secondary N) is 1. The van der Waals surface area contributed by atoms with Crippen LogP contribution in [0.2, 0.25) is 0 Å². The lowest BCUT2D eigenvalue weighted by Gasteiger charge is -2.26. The molecule has 0 bridgehead atoms. The Morgan fingerprint density at radius 1 is 1.07 bits per heavy atom. The summed E-state index contributed by atoms with van der Waals surface area (Å²) < 4.78 is 10.5. The molecule has 9 nitrogen and oxygen atoms in total. The van der Waals surface area contributed by atoms with Crippen molar-refractivity contribution in [1.29, 1.82) is 0 Å². The summed E-state index contributed by atoms with van der Waals surface area (Å²) in [5.41, 5.74) is 1.03. The van der Waals surface area contributed by atoms with E-state index < -0.39 is 4.92 Å². The lowest BCUT2D eigenvalue weighted by molar-refractivity contribution is -0.384. The molecule has 9 heteroatoms. The fourth-order valence-corrected chi connectivity index (χ4v) is 2.66. The molecule has 2 aromatic carbocycles. The Bertz CT molecular complexity index is 845. The molecule has 1 aliphatic rings. The van der Waals surface area contributed by atoms with Crippen molar-refractivity contribution in [2.75, 3.05) is 38.2 Å². The maximum Gasteiger partial charge on any atom is 0.269 e. The van der Waals surface area contributed by atoms with Crippen LogP contribution in [0.4, 0.5) is 11.4 Å². The third kappa shape index (κ3) is 5.04. The molecule has 0 atom stereocenters. The Labute approximate surface area is 161 Å². The predicted molar refractivity (Wildman–Crippen MR) is 100 cm³/mol. The van der Waals surface area contributed by atoms with Gasteiger partial charge in [-0.2, -0.15) is 0 Å². The van der Waals surface area contributed by atoms with E-state index in [1.165, 1.54) is 24.3 Å². The number of carbonyl (C=O) groups is 2. The number of amides is 2. The van der Waals surface area contributed by atoms with Crippen molar-refractivity contribution in [3.05, 3.63) is 64.2 Å². The van der Waals surface area contributed by atoms with Crippen LogP contribution in [-0.4, -0.2) is 54.5 Å². The molecule has 0 aromatic heterocycles. The van der Waals surface area contributed by atoms with Crippen molar-refractivity contribution >= 4 is 23.2 Å². The highest BCUT2D eigenvalue weighted by atomic mass is 16.6. The van der Waals surface area contributed by atoms with E-state index in [0.29, 0.717) is 43.3 Å². The molecule has 1 saturated heterocycles. The molecular weight excluding hydrogens is 366 g/mol. The van der Waals surface area contributed by atoms with E-state index in [-0.39, 0.29) is 24.1 Å². The summed E-state index contributed by atoms with van der Waals surface area (Å²) >= 11 is 0. The van der Waals surface area contributed by atoms with Crippen LogP contribution in [0.1, 0.15) is 10.4 Å². The second kappa shape index (κ2) is 8.96. The molecule has 1 aliphatic heterocycles. The molecule has 3 rings (SSSR count). The Hall–Kier alpha value is -3.46. The lowest BCUT2D eigenvalue weighted by Crippen LogP contribution is -2.40. The number of rotatable bonds is 6. The highest BCUT2D eigenvalue weighted by Gasteiger charge is 2.18. The summed E-state index contributed by atoms with van der Waals surface area (Å²) in [5, 5.41) is 13.3. The molecule has 2 amide bonds. The van der Waals surface area contributed by atoms with Gasteiger partial charge in [0.15, 0.2) is 6.61 Å². The van der Waals surface area contributed by atoms with Crippen LogP contribution < -0.4 is 10.1 Å². The van der Waals surface area contributed by atoms with Gasteiger partial charge >= 0.3 is 0 Å². The van der Waals surface area contributed by atoms with Crippen molar-refractivity contribution in [2.24, 2.45) is 0 Å². The van der Waals surface area contributed by atoms with Crippen LogP contribution in [0.5, 0.6) is 5.75 Å². The van der Waals surface area contributed by atoms with Crippen molar-refractivity contribution in [3.8, 4) is 5.75 Å². The van der Waals surface area contributed by atoms with E-state index in [1.54, 1.807) is 29.2 Å². The monoisotopic (exact) mass is 385 g/mol. The summed E-state index contributed by atoms with van der Waals surface area (Å²) in [6.45, 7) is 1.96. The number of carbonyl (C=O) groups excluding carboxylic acids is 2. The van der Waals surface area contributed by atoms with Crippen LogP contribution in [0, 0.1) is 10.1 Å². The first-order chi connectivity index (χ1) is 13.5. The fraction of sp³-hybridized carbons (Fsp3) is 0.263. The average molecular weight is 385 g/mol. The van der Waals surface area contributed by atoms with Crippen molar-refractivity contribution in [2.45, 2.75) is 0 Å². The number of benzene rings is 2. The van der Waals surface area contributed by atoms with Gasteiger partial charge in [-0.05, 0) is 36.4 Å². The van der Waals surface area contributed by atoms with Gasteiger partial charge < -0.3 is 19.7 Å². The van der Waals surface area contributed by atoms with E-state index >= 15 is 0 Å². The minimum atomic E-state index is -0.510. The number of hydrogen-bond acceptors (Lipinski definition) is 6. The zero-order chi connectivity index (χ0) is 19.9. The summed E-state index contributed by atoms with van der Waals surface area (Å²) in [5.74, 6) is -0.0968. The summed E-state index contributed by atoms with van der Waals surface area (Å²) in [7, 11) is 0. The molecule has 0 radical (unpaired) electrons. The molecule has 1 heterocycles. The minimum absolute atomic E-state index is 0.0523. The highest BCUT2D eigenvalue weighted by molar-refractivity contribution is 5.96. The lowest BCUT2D eigenvalue weighted by atomic mass is 10.1. The zero-order valence-corrected chi connectivity index (χ0v) is 15.0. The maximum atomic E-state index is 12.4. The van der Waals surface area contributed by atoms with Crippen molar-refractivity contribution in [1.82, 2.24) is 4.90 Å². The molecule has 2 aromatic rings. The van der Waals surface area contributed by atoms with Gasteiger partial charge in [0.2, 0.25) is 0 Å². The molecule has 1 N–H and O–H groups in total. The first-order valence-electron chi connectivity index (χ1n) is 8.67. The molecule has 0 saturated carbocycles. The second-order valence-corrected chi connectivity index (χ2v) is 6.07. The summed E-state index contributed by atoms with van der Waals surface area (Å²) in [6.07, 6.45) is 0. The van der Waals surface area contributed by atoms with E-state index in [9.17, 15) is 19.7 Å². The Kier molecular flexibility index (Phi) is 6.18. The fourth-order valence-electron chi connectivity index (χ4n) is 2.66. The van der Waals surface area contributed by atoms with E-state index in [4.69, 9.17) is 9.47 Å². The normalized spacial score (nSPS) is 13.6. The van der Waals surface area contributed by atoms with E-state index in [1.807, 2.05) is 0 Å². The quantitative estimate of drug-likeness (QED) is 0.602. The number of non-ortho nitro benzene ring substituents is 1. The van der Waals surface area contributed by atoms with Crippen LogP contribution in [-0.2, 0) is 9.53 Å². The van der Waals surface area contributed by atoms with Gasteiger partial charge in [0, 0.05) is 36.5 Å². The topological polar surface area (TPSA) is 111 Å². The Balaban J connectivity index is 1.49. The van der Waals surface area contributed by atoms with Gasteiger partial charge in [0.1, 0.15) is 5.75 Å². The maximum absolute atomic E-state index is 12.4. The highest BCUT2D eigenvalue weighted by Crippen LogP contribution is 2.17. The van der Waals surface area contributed by atoms with Crippen LogP contribution in [0.3, 0.4) is 0 Å². The molecule has 0 unspecified atom stereocenters. The minimum Gasteiger partial charge on any atom is -0.484 e. The van der Waals surface area contributed by atoms with Crippen LogP contribution in [0.15, 0.2) is 48.5 Å². The smallest absolute Gasteiger partial charge is 0.269 e. The summed E-state index contributed by atoms with van der Waals surface area (Å²) in [6, 6.07) is 12.1. The van der Waals surface area contributed by atoms with Crippen molar-refractivity contribution in [3.63, 3.8) is 0 Å². The first-order valence-corrected chi connectivity index (χ1v) is 8.67. The van der Waals surface area contributed by atoms with Gasteiger partial charge in [-0.1, -0.05) is 0 Å². The molecule has 146 valence electrons. The van der Waals surface area contributed by atoms with E-state index in [0.717, 1.165) is 0 Å². The Morgan fingerprint density at radius 2 is 1.71 bits per heavy atom. The van der Waals surface area contributed by atoms with Crippen molar-refractivity contribution < 1.29 is 24.0 Å².